The first-order valence-electron chi connectivity index (χ1n) is 13.4. The molecule has 32 heavy (non-hydrogen) atoms. The molecule has 4 saturated carbocycles. The van der Waals surface area contributed by atoms with Gasteiger partial charge in [0.25, 0.3) is 0 Å². The summed E-state index contributed by atoms with van der Waals surface area (Å²) in [5.41, 5.74) is 0.0900. The standard InChI is InChI=1S/C27H46O5/c1-17(8-11-24(31)32-14-6-13-28)19-9-10-20-25-21(16-23(30)27(19,20)3)26(2)12-5-4-7-18(26)15-22(25)29/h17-23,25,28-30H,4-16H2,1-3H3. The second kappa shape index (κ2) is 9.54. The number of hydrogen-bond acceptors (Lipinski definition) is 5. The van der Waals surface area contributed by atoms with E-state index in [1.807, 2.05) is 0 Å². The smallest absolute Gasteiger partial charge is 0.305 e. The van der Waals surface area contributed by atoms with E-state index in [0.717, 1.165) is 32.1 Å². The molecule has 0 bridgehead atoms. The van der Waals surface area contributed by atoms with Crippen LogP contribution in [0.1, 0.15) is 91.4 Å². The van der Waals surface area contributed by atoms with Crippen LogP contribution >= 0.6 is 0 Å². The fraction of sp³-hybridized carbons (Fsp3) is 0.963. The van der Waals surface area contributed by atoms with Gasteiger partial charge in [-0.05, 0) is 91.3 Å². The van der Waals surface area contributed by atoms with Crippen LogP contribution in [0.3, 0.4) is 0 Å². The zero-order valence-corrected chi connectivity index (χ0v) is 20.5. The van der Waals surface area contributed by atoms with Crippen molar-refractivity contribution >= 4 is 5.97 Å². The first-order chi connectivity index (χ1) is 15.2. The fourth-order valence-electron chi connectivity index (χ4n) is 9.06. The predicted molar refractivity (Wildman–Crippen MR) is 124 cm³/mol. The Kier molecular flexibility index (Phi) is 7.30. The van der Waals surface area contributed by atoms with E-state index >= 15 is 0 Å². The lowest BCUT2D eigenvalue weighted by molar-refractivity contribution is -0.201. The molecule has 4 aliphatic carbocycles. The van der Waals surface area contributed by atoms with Gasteiger partial charge in [0.15, 0.2) is 0 Å². The number of hydrogen-bond donors (Lipinski definition) is 3. The molecule has 0 radical (unpaired) electrons. The van der Waals surface area contributed by atoms with Crippen molar-refractivity contribution in [1.29, 1.82) is 0 Å². The summed E-state index contributed by atoms with van der Waals surface area (Å²) in [5.74, 6) is 2.24. The minimum atomic E-state index is -0.329. The van der Waals surface area contributed by atoms with Crippen LogP contribution in [-0.2, 0) is 9.53 Å². The van der Waals surface area contributed by atoms with Gasteiger partial charge in [0.1, 0.15) is 0 Å². The molecule has 0 saturated heterocycles. The van der Waals surface area contributed by atoms with Crippen molar-refractivity contribution in [2.45, 2.75) is 104 Å². The van der Waals surface area contributed by atoms with Crippen molar-refractivity contribution in [3.05, 3.63) is 0 Å². The Hall–Kier alpha value is -0.650. The van der Waals surface area contributed by atoms with Crippen molar-refractivity contribution in [3.8, 4) is 0 Å². The normalized spacial score (nSPS) is 46.6. The zero-order chi connectivity index (χ0) is 23.1. The third-order valence-electron chi connectivity index (χ3n) is 10.8. The third-order valence-corrected chi connectivity index (χ3v) is 10.8. The third kappa shape index (κ3) is 4.05. The van der Waals surface area contributed by atoms with E-state index < -0.39 is 0 Å². The maximum absolute atomic E-state index is 12.1. The Bertz CT molecular complexity index is 666. The van der Waals surface area contributed by atoms with Gasteiger partial charge in [-0.15, -0.1) is 0 Å². The molecule has 0 amide bonds. The Morgan fingerprint density at radius 2 is 1.88 bits per heavy atom. The van der Waals surface area contributed by atoms with Crippen LogP contribution in [0.25, 0.3) is 0 Å². The van der Waals surface area contributed by atoms with Crippen molar-refractivity contribution in [2.75, 3.05) is 13.2 Å². The van der Waals surface area contributed by atoms with Gasteiger partial charge in [0.2, 0.25) is 0 Å². The summed E-state index contributed by atoms with van der Waals surface area (Å²) in [7, 11) is 0. The number of esters is 1. The van der Waals surface area contributed by atoms with Gasteiger partial charge in [0, 0.05) is 19.4 Å². The minimum Gasteiger partial charge on any atom is -0.466 e. The number of fused-ring (bicyclic) bond motifs is 5. The van der Waals surface area contributed by atoms with Crippen molar-refractivity contribution in [2.24, 2.45) is 46.3 Å². The van der Waals surface area contributed by atoms with E-state index in [1.165, 1.54) is 25.7 Å². The molecule has 0 aromatic rings. The van der Waals surface area contributed by atoms with Gasteiger partial charge in [-0.3, -0.25) is 4.79 Å². The molecule has 0 aliphatic heterocycles. The van der Waals surface area contributed by atoms with Crippen LogP contribution in [0.5, 0.6) is 0 Å². The van der Waals surface area contributed by atoms with Crippen molar-refractivity contribution < 1.29 is 24.9 Å². The Labute approximate surface area is 194 Å². The van der Waals surface area contributed by atoms with Gasteiger partial charge in [-0.25, -0.2) is 0 Å². The molecule has 4 aliphatic rings. The highest BCUT2D eigenvalue weighted by Gasteiger charge is 2.65. The largest absolute Gasteiger partial charge is 0.466 e. The van der Waals surface area contributed by atoms with E-state index in [9.17, 15) is 15.0 Å². The van der Waals surface area contributed by atoms with Crippen LogP contribution in [-0.4, -0.2) is 46.7 Å². The maximum Gasteiger partial charge on any atom is 0.305 e. The monoisotopic (exact) mass is 450 g/mol. The van der Waals surface area contributed by atoms with Crippen LogP contribution in [0, 0.1) is 46.3 Å². The Balaban J connectivity index is 1.47. The highest BCUT2D eigenvalue weighted by molar-refractivity contribution is 5.69. The molecule has 10 unspecified atom stereocenters. The number of rotatable bonds is 7. The van der Waals surface area contributed by atoms with E-state index in [1.54, 1.807) is 0 Å². The average molecular weight is 451 g/mol. The molecule has 3 N–H and O–H groups in total. The molecule has 0 heterocycles. The average Bonchev–Trinajstić information content (AvgIpc) is 3.12. The lowest BCUT2D eigenvalue weighted by Gasteiger charge is -2.63. The quantitative estimate of drug-likeness (QED) is 0.397. The molecule has 0 spiro atoms. The lowest BCUT2D eigenvalue weighted by atomic mass is 9.43. The van der Waals surface area contributed by atoms with Gasteiger partial charge in [-0.1, -0.05) is 33.6 Å². The summed E-state index contributed by atoms with van der Waals surface area (Å²) in [6, 6.07) is 0. The summed E-state index contributed by atoms with van der Waals surface area (Å²) >= 11 is 0. The van der Waals surface area contributed by atoms with E-state index in [0.29, 0.717) is 48.3 Å². The second-order valence-corrected chi connectivity index (χ2v) is 12.2. The summed E-state index contributed by atoms with van der Waals surface area (Å²) in [5, 5.41) is 31.8. The van der Waals surface area contributed by atoms with Gasteiger partial charge in [0.05, 0.1) is 18.8 Å². The fourth-order valence-corrected chi connectivity index (χ4v) is 9.06. The van der Waals surface area contributed by atoms with Crippen LogP contribution in [0.4, 0.5) is 0 Å². The van der Waals surface area contributed by atoms with E-state index in [-0.39, 0.29) is 42.2 Å². The molecule has 184 valence electrons. The highest BCUT2D eigenvalue weighted by atomic mass is 16.5. The SMILES string of the molecule is CC(CCC(=O)OCCCO)C1CCC2C3C(O)CC4CCCCC4(C)C3CC(O)C12C. The van der Waals surface area contributed by atoms with Gasteiger partial charge >= 0.3 is 5.97 Å². The maximum atomic E-state index is 12.1. The summed E-state index contributed by atoms with van der Waals surface area (Å²) < 4.78 is 5.21. The van der Waals surface area contributed by atoms with Gasteiger partial charge in [-0.2, -0.15) is 0 Å². The molecule has 5 heteroatoms. The summed E-state index contributed by atoms with van der Waals surface area (Å²) in [6.07, 6.45) is 10.1. The number of aliphatic hydroxyl groups is 3. The molecule has 0 aromatic heterocycles. The Morgan fingerprint density at radius 1 is 1.09 bits per heavy atom. The summed E-state index contributed by atoms with van der Waals surface area (Å²) in [4.78, 5) is 12.1. The van der Waals surface area contributed by atoms with E-state index in [4.69, 9.17) is 9.84 Å². The van der Waals surface area contributed by atoms with Crippen LogP contribution in [0.15, 0.2) is 0 Å². The molecule has 4 rings (SSSR count). The van der Waals surface area contributed by atoms with Crippen molar-refractivity contribution in [1.82, 2.24) is 0 Å². The first kappa shape index (κ1) is 24.5. The lowest BCUT2D eigenvalue weighted by Crippen LogP contribution is -2.61. The number of aliphatic hydroxyl groups excluding tert-OH is 3. The molecular formula is C27H46O5. The Morgan fingerprint density at radius 3 is 2.62 bits per heavy atom. The van der Waals surface area contributed by atoms with Crippen molar-refractivity contribution in [3.63, 3.8) is 0 Å². The number of ether oxygens (including phenoxy) is 1. The van der Waals surface area contributed by atoms with E-state index in [2.05, 4.69) is 20.8 Å². The van der Waals surface area contributed by atoms with Gasteiger partial charge < -0.3 is 20.1 Å². The minimum absolute atomic E-state index is 0.0389. The van der Waals surface area contributed by atoms with Crippen LogP contribution < -0.4 is 0 Å². The molecular weight excluding hydrogens is 404 g/mol. The number of carbonyl (C=O) groups excluding carboxylic acids is 1. The molecule has 4 fully saturated rings. The molecule has 10 atom stereocenters. The summed E-state index contributed by atoms with van der Waals surface area (Å²) in [6.45, 7) is 7.30. The number of carbonyl (C=O) groups is 1. The topological polar surface area (TPSA) is 87.0 Å². The second-order valence-electron chi connectivity index (χ2n) is 12.2. The molecule has 0 aromatic carbocycles. The highest BCUT2D eigenvalue weighted by Crippen LogP contribution is 2.68. The zero-order valence-electron chi connectivity index (χ0n) is 20.5. The first-order valence-corrected chi connectivity index (χ1v) is 13.4. The predicted octanol–water partition coefficient (Wildman–Crippen LogP) is 4.32. The van der Waals surface area contributed by atoms with Crippen LogP contribution in [0.2, 0.25) is 0 Å². The molecule has 5 nitrogen and oxygen atoms in total.